The summed E-state index contributed by atoms with van der Waals surface area (Å²) in [5, 5.41) is 5.59. The summed E-state index contributed by atoms with van der Waals surface area (Å²) in [5.41, 5.74) is 6.27. The molecule has 1 heterocycles. The Morgan fingerprint density at radius 3 is 2.52 bits per heavy atom. The second-order valence-electron chi connectivity index (χ2n) is 7.77. The first-order valence-corrected chi connectivity index (χ1v) is 9.74. The SMILES string of the molecule is NC(=O)c1cc(C(F)(F)F)ccc1[C@H]1CC[C@H](Cn2ncc3ccccc32)CC1. The van der Waals surface area contributed by atoms with Crippen molar-refractivity contribution in [1.82, 2.24) is 9.78 Å². The number of aromatic nitrogens is 2. The molecule has 1 aliphatic carbocycles. The number of rotatable bonds is 4. The molecule has 2 N–H and O–H groups in total. The lowest BCUT2D eigenvalue weighted by atomic mass is 9.77. The van der Waals surface area contributed by atoms with Gasteiger partial charge in [-0.25, -0.2) is 0 Å². The number of para-hydroxylation sites is 1. The van der Waals surface area contributed by atoms with Gasteiger partial charge in [-0.3, -0.25) is 9.48 Å². The summed E-state index contributed by atoms with van der Waals surface area (Å²) < 4.78 is 41.0. The van der Waals surface area contributed by atoms with E-state index in [4.69, 9.17) is 5.73 Å². The number of benzene rings is 2. The van der Waals surface area contributed by atoms with Crippen LogP contribution in [0.3, 0.4) is 0 Å². The Kier molecular flexibility index (Phi) is 5.06. The molecule has 29 heavy (non-hydrogen) atoms. The van der Waals surface area contributed by atoms with Gasteiger partial charge in [-0.15, -0.1) is 0 Å². The second kappa shape index (κ2) is 7.54. The molecule has 0 unspecified atom stereocenters. The van der Waals surface area contributed by atoms with Crippen LogP contribution >= 0.6 is 0 Å². The third-order valence-electron chi connectivity index (χ3n) is 5.91. The largest absolute Gasteiger partial charge is 0.416 e. The van der Waals surface area contributed by atoms with Crippen LogP contribution in [-0.2, 0) is 12.7 Å². The highest BCUT2D eigenvalue weighted by atomic mass is 19.4. The first kappa shape index (κ1) is 19.5. The number of hydrogen-bond acceptors (Lipinski definition) is 2. The molecule has 0 atom stereocenters. The number of alkyl halides is 3. The lowest BCUT2D eigenvalue weighted by Crippen LogP contribution is -2.22. The number of primary amides is 1. The highest BCUT2D eigenvalue weighted by Gasteiger charge is 2.33. The highest BCUT2D eigenvalue weighted by molar-refractivity contribution is 5.94. The number of fused-ring (bicyclic) bond motifs is 1. The van der Waals surface area contributed by atoms with E-state index in [-0.39, 0.29) is 11.5 Å². The smallest absolute Gasteiger partial charge is 0.366 e. The van der Waals surface area contributed by atoms with Crippen molar-refractivity contribution < 1.29 is 18.0 Å². The van der Waals surface area contributed by atoms with Crippen LogP contribution in [-0.4, -0.2) is 15.7 Å². The molecular formula is C22H22F3N3O. The third-order valence-corrected chi connectivity index (χ3v) is 5.91. The summed E-state index contributed by atoms with van der Waals surface area (Å²) in [6.07, 6.45) is 0.858. The molecule has 1 aliphatic rings. The Hall–Kier alpha value is -2.83. The Bertz CT molecular complexity index is 1030. The van der Waals surface area contributed by atoms with Crippen molar-refractivity contribution in [3.05, 3.63) is 65.4 Å². The molecule has 0 aliphatic heterocycles. The van der Waals surface area contributed by atoms with Crippen molar-refractivity contribution in [3.8, 4) is 0 Å². The minimum atomic E-state index is -4.49. The Morgan fingerprint density at radius 1 is 1.10 bits per heavy atom. The molecule has 152 valence electrons. The molecule has 1 saturated carbocycles. The van der Waals surface area contributed by atoms with Gasteiger partial charge in [-0.2, -0.15) is 18.3 Å². The van der Waals surface area contributed by atoms with E-state index < -0.39 is 17.6 Å². The fourth-order valence-corrected chi connectivity index (χ4v) is 4.37. The van der Waals surface area contributed by atoms with E-state index in [0.29, 0.717) is 11.5 Å². The van der Waals surface area contributed by atoms with Gasteiger partial charge in [0.15, 0.2) is 0 Å². The summed E-state index contributed by atoms with van der Waals surface area (Å²) >= 11 is 0. The van der Waals surface area contributed by atoms with E-state index in [0.717, 1.165) is 55.3 Å². The summed E-state index contributed by atoms with van der Waals surface area (Å²) in [7, 11) is 0. The van der Waals surface area contributed by atoms with Crippen LogP contribution in [0, 0.1) is 5.92 Å². The quantitative estimate of drug-likeness (QED) is 0.659. The number of carbonyl (C=O) groups excluding carboxylic acids is 1. The first-order chi connectivity index (χ1) is 13.8. The number of nitrogens with zero attached hydrogens (tertiary/aromatic N) is 2. The fraction of sp³-hybridized carbons (Fsp3) is 0.364. The maximum Gasteiger partial charge on any atom is 0.416 e. The van der Waals surface area contributed by atoms with Crippen LogP contribution in [0.1, 0.15) is 53.1 Å². The van der Waals surface area contributed by atoms with Gasteiger partial charge in [0.2, 0.25) is 5.91 Å². The zero-order valence-electron chi connectivity index (χ0n) is 15.8. The van der Waals surface area contributed by atoms with Crippen molar-refractivity contribution >= 4 is 16.8 Å². The summed E-state index contributed by atoms with van der Waals surface area (Å²) in [5.74, 6) is -0.317. The monoisotopic (exact) mass is 401 g/mol. The Labute approximate surface area is 166 Å². The molecule has 3 aromatic rings. The maximum atomic E-state index is 13.0. The van der Waals surface area contributed by atoms with Gasteiger partial charge in [0.1, 0.15) is 0 Å². The molecular weight excluding hydrogens is 379 g/mol. The van der Waals surface area contributed by atoms with E-state index >= 15 is 0 Å². The normalized spacial score (nSPS) is 20.1. The number of hydrogen-bond donors (Lipinski definition) is 1. The van der Waals surface area contributed by atoms with Crippen LogP contribution in [0.25, 0.3) is 10.9 Å². The van der Waals surface area contributed by atoms with Gasteiger partial charge in [0, 0.05) is 17.5 Å². The van der Waals surface area contributed by atoms with Crippen molar-refractivity contribution in [2.45, 2.75) is 44.3 Å². The minimum absolute atomic E-state index is 0.0126. The zero-order valence-corrected chi connectivity index (χ0v) is 15.8. The van der Waals surface area contributed by atoms with Crippen molar-refractivity contribution in [3.63, 3.8) is 0 Å². The lowest BCUT2D eigenvalue weighted by molar-refractivity contribution is -0.137. The molecule has 0 saturated heterocycles. The van der Waals surface area contributed by atoms with Gasteiger partial charge in [-0.05, 0) is 61.3 Å². The van der Waals surface area contributed by atoms with Crippen LogP contribution in [0.15, 0.2) is 48.7 Å². The zero-order chi connectivity index (χ0) is 20.6. The topological polar surface area (TPSA) is 60.9 Å². The average molecular weight is 401 g/mol. The van der Waals surface area contributed by atoms with E-state index in [2.05, 4.69) is 11.2 Å². The van der Waals surface area contributed by atoms with Crippen LogP contribution < -0.4 is 5.73 Å². The molecule has 4 nitrogen and oxygen atoms in total. The number of halogens is 3. The van der Waals surface area contributed by atoms with Gasteiger partial charge < -0.3 is 5.73 Å². The van der Waals surface area contributed by atoms with Gasteiger partial charge >= 0.3 is 6.18 Å². The van der Waals surface area contributed by atoms with Crippen LogP contribution in [0.5, 0.6) is 0 Å². The van der Waals surface area contributed by atoms with E-state index in [1.54, 1.807) is 0 Å². The maximum absolute atomic E-state index is 13.0. The molecule has 4 rings (SSSR count). The van der Waals surface area contributed by atoms with Crippen molar-refractivity contribution in [1.29, 1.82) is 0 Å². The Balaban J connectivity index is 1.47. The van der Waals surface area contributed by atoms with Crippen molar-refractivity contribution in [2.24, 2.45) is 11.7 Å². The van der Waals surface area contributed by atoms with Gasteiger partial charge in [-0.1, -0.05) is 24.3 Å². The summed E-state index contributed by atoms with van der Waals surface area (Å²) in [6, 6.07) is 11.4. The standard InChI is InChI=1S/C22H22F3N3O/c23-22(24,25)17-9-10-18(19(11-17)21(26)29)15-7-5-14(6-8-15)13-28-20-4-2-1-3-16(20)12-27-28/h1-4,9-12,14-15H,5-8,13H2,(H2,26,29)/t14-,15-. The number of carbonyl (C=O) groups is 1. The predicted octanol–water partition coefficient (Wildman–Crippen LogP) is 5.13. The highest BCUT2D eigenvalue weighted by Crippen LogP contribution is 2.39. The molecule has 0 bridgehead atoms. The first-order valence-electron chi connectivity index (χ1n) is 9.74. The number of amides is 1. The molecule has 2 aromatic carbocycles. The molecule has 7 heteroatoms. The van der Waals surface area contributed by atoms with E-state index in [1.165, 1.54) is 6.07 Å². The fourth-order valence-electron chi connectivity index (χ4n) is 4.37. The van der Waals surface area contributed by atoms with Crippen LogP contribution in [0.4, 0.5) is 13.2 Å². The minimum Gasteiger partial charge on any atom is -0.366 e. The second-order valence-corrected chi connectivity index (χ2v) is 7.77. The summed E-state index contributed by atoms with van der Waals surface area (Å²) in [4.78, 5) is 11.8. The average Bonchev–Trinajstić information content (AvgIpc) is 3.10. The molecule has 1 fully saturated rings. The molecule has 0 spiro atoms. The number of nitrogens with two attached hydrogens (primary N) is 1. The van der Waals surface area contributed by atoms with Crippen LogP contribution in [0.2, 0.25) is 0 Å². The van der Waals surface area contributed by atoms with Gasteiger partial charge in [0.25, 0.3) is 0 Å². The van der Waals surface area contributed by atoms with Crippen molar-refractivity contribution in [2.75, 3.05) is 0 Å². The Morgan fingerprint density at radius 2 is 1.83 bits per heavy atom. The molecule has 1 amide bonds. The van der Waals surface area contributed by atoms with E-state index in [9.17, 15) is 18.0 Å². The predicted molar refractivity (Wildman–Crippen MR) is 104 cm³/mol. The van der Waals surface area contributed by atoms with Gasteiger partial charge in [0.05, 0.1) is 17.3 Å². The third kappa shape index (κ3) is 3.99. The van der Waals surface area contributed by atoms with E-state index in [1.807, 2.05) is 29.1 Å². The molecule has 0 radical (unpaired) electrons. The lowest BCUT2D eigenvalue weighted by Gasteiger charge is -2.30. The molecule has 1 aromatic heterocycles. The summed E-state index contributed by atoms with van der Waals surface area (Å²) in [6.45, 7) is 0.815.